The Kier molecular flexibility index (Phi) is 1.92. The number of hydrogen-bond acceptors (Lipinski definition) is 5. The first-order valence-corrected chi connectivity index (χ1v) is 6.25. The Balaban J connectivity index is 2.13. The summed E-state index contributed by atoms with van der Waals surface area (Å²) in [5.74, 6) is 0. The van der Waals surface area contributed by atoms with E-state index in [1.807, 2.05) is 23.6 Å². The van der Waals surface area contributed by atoms with Gasteiger partial charge in [0.1, 0.15) is 6.33 Å². The fourth-order valence-electron chi connectivity index (χ4n) is 2.08. The summed E-state index contributed by atoms with van der Waals surface area (Å²) in [6, 6.07) is 6.04. The summed E-state index contributed by atoms with van der Waals surface area (Å²) in [6.45, 7) is 0. The molecule has 6 heteroatoms. The van der Waals surface area contributed by atoms with Crippen LogP contribution in [-0.2, 0) is 0 Å². The van der Waals surface area contributed by atoms with Gasteiger partial charge in [-0.25, -0.2) is 9.97 Å². The number of fused-ring (bicyclic) bond motifs is 2. The van der Waals surface area contributed by atoms with E-state index >= 15 is 0 Å². The molecule has 0 spiro atoms. The Morgan fingerprint density at radius 3 is 3.11 bits per heavy atom. The molecule has 1 aromatic carbocycles. The maximum absolute atomic E-state index is 4.38. The first-order valence-electron chi connectivity index (χ1n) is 5.41. The second kappa shape index (κ2) is 3.58. The summed E-state index contributed by atoms with van der Waals surface area (Å²) in [5, 5.41) is 11.0. The number of benzene rings is 1. The summed E-state index contributed by atoms with van der Waals surface area (Å²) >= 11 is 1.45. The second-order valence-corrected chi connectivity index (χ2v) is 4.54. The van der Waals surface area contributed by atoms with E-state index < -0.39 is 0 Å². The fourth-order valence-corrected chi connectivity index (χ4v) is 2.76. The lowest BCUT2D eigenvalue weighted by Gasteiger charge is -2.02. The molecular formula is C12H7N5S. The van der Waals surface area contributed by atoms with Crippen LogP contribution in [0.15, 0.2) is 36.1 Å². The molecule has 0 aliphatic rings. The van der Waals surface area contributed by atoms with Crippen molar-refractivity contribution in [3.8, 4) is 11.3 Å². The molecule has 0 aliphatic heterocycles. The standard InChI is InChI=1S/C12H7N5S/c1-2-7(9-5-18-17-10(9)3-1)11-8-4-15-16-12(8)14-6-13-11/h1-6H,(H,13,14,15,16). The molecule has 0 saturated carbocycles. The van der Waals surface area contributed by atoms with Gasteiger partial charge in [0, 0.05) is 16.3 Å². The van der Waals surface area contributed by atoms with Gasteiger partial charge in [-0.15, -0.1) is 0 Å². The average Bonchev–Trinajstić information content (AvgIpc) is 3.06. The van der Waals surface area contributed by atoms with Crippen LogP contribution in [0.2, 0.25) is 0 Å². The van der Waals surface area contributed by atoms with Gasteiger partial charge >= 0.3 is 0 Å². The van der Waals surface area contributed by atoms with Crippen LogP contribution in [0.4, 0.5) is 0 Å². The molecule has 86 valence electrons. The van der Waals surface area contributed by atoms with Gasteiger partial charge in [-0.2, -0.15) is 9.47 Å². The van der Waals surface area contributed by atoms with E-state index in [4.69, 9.17) is 0 Å². The van der Waals surface area contributed by atoms with Crippen LogP contribution in [0.3, 0.4) is 0 Å². The van der Waals surface area contributed by atoms with Crippen LogP contribution < -0.4 is 0 Å². The monoisotopic (exact) mass is 253 g/mol. The summed E-state index contributed by atoms with van der Waals surface area (Å²) < 4.78 is 4.35. The molecule has 0 atom stereocenters. The smallest absolute Gasteiger partial charge is 0.159 e. The van der Waals surface area contributed by atoms with Gasteiger partial charge < -0.3 is 0 Å². The van der Waals surface area contributed by atoms with E-state index in [0.29, 0.717) is 0 Å². The quantitative estimate of drug-likeness (QED) is 0.566. The first kappa shape index (κ1) is 9.67. The summed E-state index contributed by atoms with van der Waals surface area (Å²) in [7, 11) is 0. The van der Waals surface area contributed by atoms with Crippen LogP contribution in [-0.4, -0.2) is 24.5 Å². The highest BCUT2D eigenvalue weighted by molar-refractivity contribution is 7.04. The summed E-state index contributed by atoms with van der Waals surface area (Å²) in [5.41, 5.74) is 3.70. The molecule has 1 N–H and O–H groups in total. The molecule has 5 nitrogen and oxygen atoms in total. The Hall–Kier alpha value is -2.34. The SMILES string of the molecule is c1cc(-c2ncnc3[nH]ncc23)c2csnc2c1. The number of aromatic nitrogens is 5. The van der Waals surface area contributed by atoms with E-state index in [1.165, 1.54) is 11.5 Å². The highest BCUT2D eigenvalue weighted by Crippen LogP contribution is 2.31. The van der Waals surface area contributed by atoms with Crippen LogP contribution in [0, 0.1) is 0 Å². The zero-order chi connectivity index (χ0) is 11.9. The van der Waals surface area contributed by atoms with Crippen LogP contribution in [0.1, 0.15) is 0 Å². The molecule has 0 aliphatic carbocycles. The molecule has 3 heterocycles. The number of nitrogens with zero attached hydrogens (tertiary/aromatic N) is 4. The Bertz CT molecular complexity index is 776. The molecular weight excluding hydrogens is 246 g/mol. The van der Waals surface area contributed by atoms with Gasteiger partial charge in [0.15, 0.2) is 5.65 Å². The molecule has 0 fully saturated rings. The highest BCUT2D eigenvalue weighted by Gasteiger charge is 2.11. The van der Waals surface area contributed by atoms with Gasteiger partial charge in [0.25, 0.3) is 0 Å². The topological polar surface area (TPSA) is 67.3 Å². The molecule has 4 rings (SSSR count). The zero-order valence-corrected chi connectivity index (χ0v) is 9.98. The Labute approximate surface area is 106 Å². The highest BCUT2D eigenvalue weighted by atomic mass is 32.1. The largest absolute Gasteiger partial charge is 0.261 e. The Morgan fingerprint density at radius 2 is 2.11 bits per heavy atom. The lowest BCUT2D eigenvalue weighted by Crippen LogP contribution is -1.87. The van der Waals surface area contributed by atoms with Gasteiger partial charge in [0.05, 0.1) is 22.8 Å². The van der Waals surface area contributed by atoms with Crippen molar-refractivity contribution in [3.63, 3.8) is 0 Å². The van der Waals surface area contributed by atoms with E-state index in [2.05, 4.69) is 24.5 Å². The van der Waals surface area contributed by atoms with Crippen molar-refractivity contribution >= 4 is 33.5 Å². The maximum atomic E-state index is 4.38. The number of nitrogens with one attached hydrogen (secondary N) is 1. The zero-order valence-electron chi connectivity index (χ0n) is 9.16. The molecule has 3 aromatic heterocycles. The van der Waals surface area contributed by atoms with Crippen LogP contribution in [0.25, 0.3) is 33.2 Å². The molecule has 0 saturated heterocycles. The van der Waals surface area contributed by atoms with Crippen molar-refractivity contribution in [2.75, 3.05) is 0 Å². The third kappa shape index (κ3) is 1.26. The number of aromatic amines is 1. The molecule has 4 aromatic rings. The van der Waals surface area contributed by atoms with Crippen molar-refractivity contribution in [1.29, 1.82) is 0 Å². The van der Waals surface area contributed by atoms with Crippen molar-refractivity contribution in [2.45, 2.75) is 0 Å². The molecule has 0 unspecified atom stereocenters. The number of H-pyrrole nitrogens is 1. The molecule has 0 bridgehead atoms. The lowest BCUT2D eigenvalue weighted by atomic mass is 10.1. The number of hydrogen-bond donors (Lipinski definition) is 1. The van der Waals surface area contributed by atoms with Crippen molar-refractivity contribution < 1.29 is 0 Å². The van der Waals surface area contributed by atoms with Crippen molar-refractivity contribution in [1.82, 2.24) is 24.5 Å². The lowest BCUT2D eigenvalue weighted by molar-refractivity contribution is 1.09. The van der Waals surface area contributed by atoms with E-state index in [-0.39, 0.29) is 0 Å². The van der Waals surface area contributed by atoms with Crippen molar-refractivity contribution in [2.24, 2.45) is 0 Å². The van der Waals surface area contributed by atoms with Crippen molar-refractivity contribution in [3.05, 3.63) is 36.1 Å². The summed E-state index contributed by atoms with van der Waals surface area (Å²) in [4.78, 5) is 8.54. The second-order valence-electron chi connectivity index (χ2n) is 3.91. The van der Waals surface area contributed by atoms with Crippen LogP contribution >= 0.6 is 11.5 Å². The van der Waals surface area contributed by atoms with Gasteiger partial charge in [0.2, 0.25) is 0 Å². The molecule has 0 radical (unpaired) electrons. The van der Waals surface area contributed by atoms with E-state index in [9.17, 15) is 0 Å². The predicted molar refractivity (Wildman–Crippen MR) is 70.3 cm³/mol. The third-order valence-corrected chi connectivity index (χ3v) is 3.55. The summed E-state index contributed by atoms with van der Waals surface area (Å²) in [6.07, 6.45) is 3.30. The minimum Gasteiger partial charge on any atom is -0.261 e. The van der Waals surface area contributed by atoms with E-state index in [1.54, 1.807) is 12.5 Å². The minimum absolute atomic E-state index is 0.750. The van der Waals surface area contributed by atoms with E-state index in [0.717, 1.165) is 33.2 Å². The van der Waals surface area contributed by atoms with Gasteiger partial charge in [-0.05, 0) is 17.6 Å². The first-order chi connectivity index (χ1) is 8.93. The fraction of sp³-hybridized carbons (Fsp3) is 0. The van der Waals surface area contributed by atoms with Crippen LogP contribution in [0.5, 0.6) is 0 Å². The predicted octanol–water partition coefficient (Wildman–Crippen LogP) is 2.63. The normalized spacial score (nSPS) is 11.3. The third-order valence-electron chi connectivity index (χ3n) is 2.91. The average molecular weight is 253 g/mol. The molecule has 0 amide bonds. The molecule has 18 heavy (non-hydrogen) atoms. The number of rotatable bonds is 1. The maximum Gasteiger partial charge on any atom is 0.159 e. The minimum atomic E-state index is 0.750. The Morgan fingerprint density at radius 1 is 1.11 bits per heavy atom. The van der Waals surface area contributed by atoms with Gasteiger partial charge in [-0.3, -0.25) is 5.10 Å². The van der Waals surface area contributed by atoms with Gasteiger partial charge in [-0.1, -0.05) is 12.1 Å².